The molecule has 1 aromatic heterocycles. The Kier molecular flexibility index (Phi) is 4.04. The minimum atomic E-state index is -0.307. The monoisotopic (exact) mass is 194 g/mol. The van der Waals surface area contributed by atoms with Crippen molar-refractivity contribution in [2.75, 3.05) is 7.11 Å². The molecule has 0 fully saturated rings. The number of rotatable bonds is 4. The first-order valence-electron chi connectivity index (χ1n) is 4.64. The quantitative estimate of drug-likeness (QED) is 0.674. The summed E-state index contributed by atoms with van der Waals surface area (Å²) in [5.41, 5.74) is 0.974. The van der Waals surface area contributed by atoms with Gasteiger partial charge in [-0.25, -0.2) is 9.97 Å². The summed E-state index contributed by atoms with van der Waals surface area (Å²) >= 11 is 0. The highest BCUT2D eigenvalue weighted by Crippen LogP contribution is 2.00. The molecule has 1 aromatic rings. The van der Waals surface area contributed by atoms with Gasteiger partial charge < -0.3 is 4.74 Å². The fourth-order valence-electron chi connectivity index (χ4n) is 1.12. The molecule has 76 valence electrons. The van der Waals surface area contributed by atoms with Crippen molar-refractivity contribution in [1.29, 1.82) is 0 Å². The second-order valence-electron chi connectivity index (χ2n) is 2.97. The van der Waals surface area contributed by atoms with Gasteiger partial charge in [0.05, 0.1) is 7.11 Å². The van der Waals surface area contributed by atoms with E-state index in [0.717, 1.165) is 18.5 Å². The van der Waals surface area contributed by atoms with E-state index in [4.69, 9.17) is 0 Å². The highest BCUT2D eigenvalue weighted by Gasteiger charge is 2.05. The summed E-state index contributed by atoms with van der Waals surface area (Å²) in [5, 5.41) is 0. The topological polar surface area (TPSA) is 52.1 Å². The van der Waals surface area contributed by atoms with Gasteiger partial charge in [0.25, 0.3) is 0 Å². The Hall–Kier alpha value is -1.45. The zero-order valence-electron chi connectivity index (χ0n) is 8.49. The van der Waals surface area contributed by atoms with Gasteiger partial charge in [-0.15, -0.1) is 0 Å². The van der Waals surface area contributed by atoms with Crippen molar-refractivity contribution in [2.24, 2.45) is 0 Å². The maximum Gasteiger partial charge on any atom is 0.313 e. The Morgan fingerprint density at radius 1 is 1.57 bits per heavy atom. The lowest BCUT2D eigenvalue weighted by atomic mass is 10.2. The molecule has 0 amide bonds. The number of methoxy groups -OCH3 is 1. The first-order valence-corrected chi connectivity index (χ1v) is 4.64. The first-order chi connectivity index (χ1) is 6.76. The van der Waals surface area contributed by atoms with Crippen molar-refractivity contribution in [3.05, 3.63) is 23.8 Å². The van der Waals surface area contributed by atoms with Crippen LogP contribution >= 0.6 is 0 Å². The molecule has 14 heavy (non-hydrogen) atoms. The third-order valence-corrected chi connectivity index (χ3v) is 1.80. The number of carbonyl (C=O) groups is 1. The molecule has 0 radical (unpaired) electrons. The zero-order chi connectivity index (χ0) is 10.4. The van der Waals surface area contributed by atoms with E-state index in [1.165, 1.54) is 7.11 Å². The first kappa shape index (κ1) is 10.6. The molecule has 1 heterocycles. The normalized spacial score (nSPS) is 9.86. The van der Waals surface area contributed by atoms with Crippen molar-refractivity contribution in [2.45, 2.75) is 26.2 Å². The van der Waals surface area contributed by atoms with Gasteiger partial charge in [-0.1, -0.05) is 13.3 Å². The molecular weight excluding hydrogens is 180 g/mol. The van der Waals surface area contributed by atoms with Crippen LogP contribution < -0.4 is 0 Å². The fourth-order valence-corrected chi connectivity index (χ4v) is 1.12. The summed E-state index contributed by atoms with van der Waals surface area (Å²) in [6, 6.07) is 1.87. The number of hydrogen-bond donors (Lipinski definition) is 0. The van der Waals surface area contributed by atoms with E-state index in [-0.39, 0.29) is 12.4 Å². The largest absolute Gasteiger partial charge is 0.469 e. The second-order valence-corrected chi connectivity index (χ2v) is 2.97. The predicted molar refractivity (Wildman–Crippen MR) is 51.7 cm³/mol. The van der Waals surface area contributed by atoms with Gasteiger partial charge in [-0.3, -0.25) is 4.79 Å². The van der Waals surface area contributed by atoms with Crippen molar-refractivity contribution in [3.8, 4) is 0 Å². The average Bonchev–Trinajstić information content (AvgIpc) is 2.19. The molecule has 0 N–H and O–H groups in total. The predicted octanol–water partition coefficient (Wildman–Crippen LogP) is 1.14. The van der Waals surface area contributed by atoms with E-state index in [9.17, 15) is 4.79 Å². The van der Waals surface area contributed by atoms with Gasteiger partial charge in [-0.2, -0.15) is 0 Å². The minimum Gasteiger partial charge on any atom is -0.469 e. The molecule has 4 heteroatoms. The Bertz CT molecular complexity index is 313. The van der Waals surface area contributed by atoms with Gasteiger partial charge in [0, 0.05) is 11.9 Å². The van der Waals surface area contributed by atoms with Gasteiger partial charge in [-0.05, 0) is 12.5 Å². The van der Waals surface area contributed by atoms with Crippen LogP contribution in [0.1, 0.15) is 24.9 Å². The van der Waals surface area contributed by atoms with E-state index >= 15 is 0 Å². The maximum absolute atomic E-state index is 10.9. The standard InChI is InChI=1S/C10H14N2O2/c1-3-4-8-5-6-11-9(12-8)7-10(13)14-2/h5-6H,3-4,7H2,1-2H3. The molecule has 0 aromatic carbocycles. The summed E-state index contributed by atoms with van der Waals surface area (Å²) in [5.74, 6) is 0.224. The smallest absolute Gasteiger partial charge is 0.313 e. The highest BCUT2D eigenvalue weighted by atomic mass is 16.5. The molecule has 0 aliphatic carbocycles. The van der Waals surface area contributed by atoms with Crippen LogP contribution in [-0.4, -0.2) is 23.0 Å². The third-order valence-electron chi connectivity index (χ3n) is 1.80. The molecule has 0 spiro atoms. The van der Waals surface area contributed by atoms with Crippen LogP contribution in [0.4, 0.5) is 0 Å². The molecule has 0 saturated carbocycles. The van der Waals surface area contributed by atoms with Gasteiger partial charge in [0.2, 0.25) is 0 Å². The molecule has 0 bridgehead atoms. The van der Waals surface area contributed by atoms with Crippen LogP contribution in [0.5, 0.6) is 0 Å². The van der Waals surface area contributed by atoms with Crippen LogP contribution in [0.25, 0.3) is 0 Å². The number of carbonyl (C=O) groups excluding carboxylic acids is 1. The lowest BCUT2D eigenvalue weighted by molar-refractivity contribution is -0.139. The number of esters is 1. The SMILES string of the molecule is CCCc1ccnc(CC(=O)OC)n1. The molecular formula is C10H14N2O2. The van der Waals surface area contributed by atoms with Crippen molar-refractivity contribution in [3.63, 3.8) is 0 Å². The van der Waals surface area contributed by atoms with E-state index in [1.54, 1.807) is 6.20 Å². The average molecular weight is 194 g/mol. The Morgan fingerprint density at radius 3 is 3.00 bits per heavy atom. The fraction of sp³-hybridized carbons (Fsp3) is 0.500. The van der Waals surface area contributed by atoms with Crippen molar-refractivity contribution >= 4 is 5.97 Å². The summed E-state index contributed by atoms with van der Waals surface area (Å²) in [4.78, 5) is 19.2. The Morgan fingerprint density at radius 2 is 2.36 bits per heavy atom. The second kappa shape index (κ2) is 5.32. The molecule has 1 rings (SSSR count). The van der Waals surface area contributed by atoms with Gasteiger partial charge in [0.15, 0.2) is 0 Å². The lowest BCUT2D eigenvalue weighted by Crippen LogP contribution is -2.08. The molecule has 0 atom stereocenters. The number of aromatic nitrogens is 2. The number of hydrogen-bond acceptors (Lipinski definition) is 4. The van der Waals surface area contributed by atoms with Gasteiger partial charge in [0.1, 0.15) is 12.2 Å². The van der Waals surface area contributed by atoms with Crippen LogP contribution in [-0.2, 0) is 22.4 Å². The molecule has 4 nitrogen and oxygen atoms in total. The summed E-state index contributed by atoms with van der Waals surface area (Å²) in [6.45, 7) is 2.09. The Labute approximate surface area is 83.3 Å². The van der Waals surface area contributed by atoms with Crippen LogP contribution in [0.2, 0.25) is 0 Å². The van der Waals surface area contributed by atoms with Crippen LogP contribution in [0.3, 0.4) is 0 Å². The Balaban J connectivity index is 2.68. The molecule has 0 saturated heterocycles. The van der Waals surface area contributed by atoms with E-state index in [0.29, 0.717) is 5.82 Å². The molecule has 0 unspecified atom stereocenters. The summed E-state index contributed by atoms with van der Waals surface area (Å²) < 4.78 is 4.54. The lowest BCUT2D eigenvalue weighted by Gasteiger charge is -2.01. The summed E-state index contributed by atoms with van der Waals surface area (Å²) in [6.07, 6.45) is 3.77. The van der Waals surface area contributed by atoms with Crippen molar-refractivity contribution < 1.29 is 9.53 Å². The third kappa shape index (κ3) is 3.12. The minimum absolute atomic E-state index is 0.147. The number of aryl methyl sites for hydroxylation is 1. The molecule has 0 aliphatic rings. The molecule has 0 aliphatic heterocycles. The van der Waals surface area contributed by atoms with E-state index < -0.39 is 0 Å². The van der Waals surface area contributed by atoms with E-state index in [2.05, 4.69) is 21.6 Å². The van der Waals surface area contributed by atoms with Gasteiger partial charge >= 0.3 is 5.97 Å². The summed E-state index contributed by atoms with van der Waals surface area (Å²) in [7, 11) is 1.36. The van der Waals surface area contributed by atoms with Crippen LogP contribution in [0, 0.1) is 0 Å². The van der Waals surface area contributed by atoms with E-state index in [1.807, 2.05) is 6.07 Å². The van der Waals surface area contributed by atoms with Crippen LogP contribution in [0.15, 0.2) is 12.3 Å². The number of ether oxygens (including phenoxy) is 1. The zero-order valence-corrected chi connectivity index (χ0v) is 8.49. The van der Waals surface area contributed by atoms with Crippen molar-refractivity contribution in [1.82, 2.24) is 9.97 Å². The number of nitrogens with zero attached hydrogens (tertiary/aromatic N) is 2. The maximum atomic E-state index is 10.9. The highest BCUT2D eigenvalue weighted by molar-refractivity contribution is 5.71.